The lowest BCUT2D eigenvalue weighted by Gasteiger charge is -2.07. The average Bonchev–Trinajstić information content (AvgIpc) is 2.94. The Morgan fingerprint density at radius 3 is 2.56 bits per heavy atom. The molecule has 7 nitrogen and oxygen atoms in total. The van der Waals surface area contributed by atoms with Crippen LogP contribution in [0, 0.1) is 0 Å². The van der Waals surface area contributed by atoms with Crippen molar-refractivity contribution in [2.24, 2.45) is 0 Å². The van der Waals surface area contributed by atoms with Gasteiger partial charge in [-0.2, -0.15) is 0 Å². The van der Waals surface area contributed by atoms with Gasteiger partial charge in [-0.05, 0) is 43.2 Å². The van der Waals surface area contributed by atoms with E-state index in [9.17, 15) is 18.0 Å². The fourth-order valence-corrected chi connectivity index (χ4v) is 3.47. The van der Waals surface area contributed by atoms with Crippen LogP contribution in [-0.2, 0) is 16.4 Å². The van der Waals surface area contributed by atoms with Crippen LogP contribution in [0.25, 0.3) is 11.1 Å². The number of carbonyl (C=O) groups is 1. The summed E-state index contributed by atoms with van der Waals surface area (Å²) in [7, 11) is -3.65. The molecule has 0 saturated carbocycles. The maximum absolute atomic E-state index is 12.3. The Balaban J connectivity index is 1.66. The molecule has 0 fully saturated rings. The Morgan fingerprint density at radius 1 is 1.16 bits per heavy atom. The van der Waals surface area contributed by atoms with Gasteiger partial charge in [0.15, 0.2) is 11.4 Å². The van der Waals surface area contributed by atoms with Crippen molar-refractivity contribution < 1.29 is 17.6 Å². The van der Waals surface area contributed by atoms with E-state index in [0.717, 1.165) is 5.56 Å². The van der Waals surface area contributed by atoms with Gasteiger partial charge in [-0.15, -0.1) is 0 Å². The van der Waals surface area contributed by atoms with Crippen molar-refractivity contribution in [1.29, 1.82) is 0 Å². The number of aromatic amines is 1. The molecule has 0 bridgehead atoms. The highest BCUT2D eigenvalue weighted by Crippen LogP contribution is 2.14. The standard InChI is InChI=1S/C17H16N2O5S/c1-11(20)13-3-5-14(6-4-13)25(22,23)18-9-8-12-2-7-16-15(10-12)19-17(21)24-16/h2-7,10,18H,8-9H2,1H3,(H,19,21). The predicted molar refractivity (Wildman–Crippen MR) is 92.2 cm³/mol. The van der Waals surface area contributed by atoms with Crippen molar-refractivity contribution in [2.75, 3.05) is 6.54 Å². The van der Waals surface area contributed by atoms with E-state index in [1.807, 2.05) is 0 Å². The number of rotatable bonds is 6. The van der Waals surface area contributed by atoms with Crippen molar-refractivity contribution in [2.45, 2.75) is 18.2 Å². The van der Waals surface area contributed by atoms with Crippen LogP contribution in [0.5, 0.6) is 0 Å². The maximum Gasteiger partial charge on any atom is 0.417 e. The third-order valence-electron chi connectivity index (χ3n) is 3.76. The molecule has 1 heterocycles. The van der Waals surface area contributed by atoms with E-state index >= 15 is 0 Å². The summed E-state index contributed by atoms with van der Waals surface area (Å²) in [4.78, 5) is 25.0. The number of carbonyl (C=O) groups excluding carboxylic acids is 1. The first-order chi connectivity index (χ1) is 11.8. The van der Waals surface area contributed by atoms with E-state index in [1.54, 1.807) is 18.2 Å². The van der Waals surface area contributed by atoms with Crippen LogP contribution in [0.3, 0.4) is 0 Å². The fraction of sp³-hybridized carbons (Fsp3) is 0.176. The second kappa shape index (κ2) is 6.66. The molecule has 0 aliphatic heterocycles. The molecule has 0 amide bonds. The van der Waals surface area contributed by atoms with Gasteiger partial charge in [0.25, 0.3) is 0 Å². The summed E-state index contributed by atoms with van der Waals surface area (Å²) in [5.41, 5.74) is 2.35. The van der Waals surface area contributed by atoms with Crippen LogP contribution in [0.2, 0.25) is 0 Å². The Hall–Kier alpha value is -2.71. The highest BCUT2D eigenvalue weighted by molar-refractivity contribution is 7.89. The van der Waals surface area contributed by atoms with Gasteiger partial charge in [0, 0.05) is 12.1 Å². The topological polar surface area (TPSA) is 109 Å². The number of oxazole rings is 1. The Morgan fingerprint density at radius 2 is 1.88 bits per heavy atom. The van der Waals surface area contributed by atoms with E-state index < -0.39 is 15.8 Å². The summed E-state index contributed by atoms with van der Waals surface area (Å²) >= 11 is 0. The molecule has 25 heavy (non-hydrogen) atoms. The molecule has 130 valence electrons. The molecule has 8 heteroatoms. The normalized spacial score (nSPS) is 11.7. The van der Waals surface area contributed by atoms with Crippen LogP contribution in [0.1, 0.15) is 22.8 Å². The number of H-pyrrole nitrogens is 1. The average molecular weight is 360 g/mol. The van der Waals surface area contributed by atoms with Crippen molar-refractivity contribution in [3.63, 3.8) is 0 Å². The van der Waals surface area contributed by atoms with Gasteiger partial charge in [-0.3, -0.25) is 9.78 Å². The monoisotopic (exact) mass is 360 g/mol. The number of nitrogens with one attached hydrogen (secondary N) is 2. The van der Waals surface area contributed by atoms with E-state index in [4.69, 9.17) is 4.42 Å². The minimum absolute atomic E-state index is 0.104. The molecule has 0 radical (unpaired) electrons. The number of benzene rings is 2. The first-order valence-corrected chi connectivity index (χ1v) is 9.06. The summed E-state index contributed by atoms with van der Waals surface area (Å²) in [5.74, 6) is -0.647. The largest absolute Gasteiger partial charge is 0.417 e. The van der Waals surface area contributed by atoms with Crippen LogP contribution in [0.15, 0.2) is 56.6 Å². The quantitative estimate of drug-likeness (QED) is 0.652. The summed E-state index contributed by atoms with van der Waals surface area (Å²) in [5, 5.41) is 0. The van der Waals surface area contributed by atoms with Gasteiger partial charge < -0.3 is 4.42 Å². The molecule has 2 aromatic carbocycles. The number of aromatic nitrogens is 1. The molecule has 3 rings (SSSR count). The molecule has 3 aromatic rings. The number of hydrogen-bond acceptors (Lipinski definition) is 5. The lowest BCUT2D eigenvalue weighted by atomic mass is 10.1. The molecule has 0 saturated heterocycles. The highest BCUT2D eigenvalue weighted by atomic mass is 32.2. The van der Waals surface area contributed by atoms with Gasteiger partial charge in [0.1, 0.15) is 0 Å². The van der Waals surface area contributed by atoms with Crippen molar-refractivity contribution in [3.05, 3.63) is 64.1 Å². The zero-order valence-electron chi connectivity index (χ0n) is 13.4. The number of fused-ring (bicyclic) bond motifs is 1. The lowest BCUT2D eigenvalue weighted by Crippen LogP contribution is -2.26. The maximum atomic E-state index is 12.3. The third kappa shape index (κ3) is 3.86. The molecule has 0 spiro atoms. The van der Waals surface area contributed by atoms with E-state index in [-0.39, 0.29) is 17.2 Å². The second-order valence-electron chi connectivity index (χ2n) is 5.57. The molecular weight excluding hydrogens is 344 g/mol. The smallest absolute Gasteiger partial charge is 0.408 e. The number of sulfonamides is 1. The van der Waals surface area contributed by atoms with Crippen molar-refractivity contribution in [3.8, 4) is 0 Å². The van der Waals surface area contributed by atoms with Gasteiger partial charge in [0.05, 0.1) is 10.4 Å². The predicted octanol–water partition coefficient (Wildman–Crippen LogP) is 1.84. The van der Waals surface area contributed by atoms with Gasteiger partial charge in [0.2, 0.25) is 10.0 Å². The van der Waals surface area contributed by atoms with Crippen LogP contribution in [0.4, 0.5) is 0 Å². The minimum atomic E-state index is -3.65. The van der Waals surface area contributed by atoms with Gasteiger partial charge in [-0.25, -0.2) is 17.9 Å². The Kier molecular flexibility index (Phi) is 4.56. The lowest BCUT2D eigenvalue weighted by molar-refractivity contribution is 0.101. The molecule has 0 aliphatic rings. The zero-order chi connectivity index (χ0) is 18.0. The van der Waals surface area contributed by atoms with Gasteiger partial charge in [-0.1, -0.05) is 18.2 Å². The Bertz CT molecular complexity index is 1080. The van der Waals surface area contributed by atoms with Crippen molar-refractivity contribution in [1.82, 2.24) is 9.71 Å². The first kappa shape index (κ1) is 17.1. The van der Waals surface area contributed by atoms with Gasteiger partial charge >= 0.3 is 5.76 Å². The zero-order valence-corrected chi connectivity index (χ0v) is 14.2. The molecule has 2 N–H and O–H groups in total. The number of hydrogen-bond donors (Lipinski definition) is 2. The van der Waals surface area contributed by atoms with Crippen LogP contribution >= 0.6 is 0 Å². The summed E-state index contributed by atoms with van der Waals surface area (Å²) in [6, 6.07) is 11.0. The molecule has 1 aromatic heterocycles. The second-order valence-corrected chi connectivity index (χ2v) is 7.34. The molecule has 0 atom stereocenters. The molecule has 0 unspecified atom stereocenters. The van der Waals surface area contributed by atoms with Crippen LogP contribution in [-0.4, -0.2) is 25.7 Å². The SMILES string of the molecule is CC(=O)c1ccc(S(=O)(=O)NCCc2ccc3oc(=O)[nH]c3c2)cc1. The van der Waals surface area contributed by atoms with E-state index in [2.05, 4.69) is 9.71 Å². The summed E-state index contributed by atoms with van der Waals surface area (Å²) < 4.78 is 32.0. The van der Waals surface area contributed by atoms with Crippen molar-refractivity contribution >= 4 is 26.9 Å². The first-order valence-electron chi connectivity index (χ1n) is 7.57. The number of ketones is 1. The fourth-order valence-electron chi connectivity index (χ4n) is 2.44. The number of Topliss-reactive ketones (excluding diaryl/α,β-unsaturated/α-hetero) is 1. The molecule has 0 aliphatic carbocycles. The molecular formula is C17H16N2O5S. The van der Waals surface area contributed by atoms with E-state index in [1.165, 1.54) is 31.2 Å². The van der Waals surface area contributed by atoms with Crippen LogP contribution < -0.4 is 10.5 Å². The summed E-state index contributed by atoms with van der Waals surface area (Å²) in [6.07, 6.45) is 0.452. The Labute approximate surface area is 143 Å². The highest BCUT2D eigenvalue weighted by Gasteiger charge is 2.14. The minimum Gasteiger partial charge on any atom is -0.408 e. The summed E-state index contributed by atoms with van der Waals surface area (Å²) in [6.45, 7) is 1.62. The third-order valence-corrected chi connectivity index (χ3v) is 5.24. The van der Waals surface area contributed by atoms with E-state index in [0.29, 0.717) is 23.1 Å².